The number of anilines is 2. The number of benzene rings is 3. The Morgan fingerprint density at radius 3 is 1.90 bits per heavy atom. The van der Waals surface area contributed by atoms with E-state index in [1.165, 1.54) is 24.3 Å². The number of carbonyl (C=O) groups is 1. The number of carboxylic acid groups (broad SMARTS) is 1. The summed E-state index contributed by atoms with van der Waals surface area (Å²) < 4.78 is 27.1. The molecule has 1 fully saturated rings. The topological polar surface area (TPSA) is 97.1 Å². The van der Waals surface area contributed by atoms with E-state index in [9.17, 15) is 23.8 Å². The van der Waals surface area contributed by atoms with Crippen LogP contribution in [0.5, 0.6) is 0 Å². The van der Waals surface area contributed by atoms with Crippen LogP contribution in [0.15, 0.2) is 72.8 Å². The highest BCUT2D eigenvalue weighted by Crippen LogP contribution is 2.42. The number of pyridine rings is 1. The highest BCUT2D eigenvalue weighted by atomic mass is 19.1. The quantitative estimate of drug-likeness (QED) is 0.136. The maximum Gasteiger partial charge on any atom is 0.307 e. The number of carboxylic acids is 1. The number of aliphatic hydroxyl groups is 2. The predicted molar refractivity (Wildman–Crippen MR) is 201 cm³/mol. The van der Waals surface area contributed by atoms with E-state index in [0.717, 1.165) is 76.5 Å². The Kier molecular flexibility index (Phi) is 13.0. The van der Waals surface area contributed by atoms with Gasteiger partial charge in [-0.2, -0.15) is 0 Å². The third kappa shape index (κ3) is 11.6. The van der Waals surface area contributed by atoms with Crippen molar-refractivity contribution in [1.29, 1.82) is 0 Å². The molecule has 2 heterocycles. The largest absolute Gasteiger partial charge is 0.481 e. The fourth-order valence-electron chi connectivity index (χ4n) is 6.37. The number of halogens is 2. The van der Waals surface area contributed by atoms with E-state index in [-0.39, 0.29) is 23.5 Å². The van der Waals surface area contributed by atoms with Crippen molar-refractivity contribution in [3.8, 4) is 11.1 Å². The minimum Gasteiger partial charge on any atom is -0.481 e. The standard InChI is InChI=1S/C38H43F2N3O3.C4H10O/c1-25-33(24-35(45)46)37(42-21-18-38(3,4)19-22-42)36(26(2)41-25)29-9-15-32(16-10-29)43(20-17-27-5-11-30(39)12-6-27)34(44)23-28-7-13-31(40)14-8-28;1-4(2,3)5/h5-16,34,44H,17-24H2,1-4H3,(H,45,46);5H,1-3H3. The molecule has 3 N–H and O–H groups in total. The van der Waals surface area contributed by atoms with Gasteiger partial charge in [0.1, 0.15) is 17.9 Å². The van der Waals surface area contributed by atoms with Gasteiger partial charge in [0, 0.05) is 54.3 Å². The Morgan fingerprint density at radius 2 is 1.39 bits per heavy atom. The van der Waals surface area contributed by atoms with Crippen molar-refractivity contribution < 1.29 is 28.9 Å². The van der Waals surface area contributed by atoms with Crippen LogP contribution in [0.1, 0.15) is 75.5 Å². The molecule has 4 aromatic rings. The van der Waals surface area contributed by atoms with Crippen LogP contribution in [0.4, 0.5) is 20.2 Å². The summed E-state index contributed by atoms with van der Waals surface area (Å²) in [6.45, 7) is 15.8. The van der Waals surface area contributed by atoms with Gasteiger partial charge < -0.3 is 25.1 Å². The maximum absolute atomic E-state index is 13.5. The third-order valence-corrected chi connectivity index (χ3v) is 9.15. The van der Waals surface area contributed by atoms with Crippen molar-refractivity contribution in [2.45, 2.75) is 92.4 Å². The summed E-state index contributed by atoms with van der Waals surface area (Å²) in [6, 6.07) is 20.4. The minimum atomic E-state index is -0.894. The smallest absolute Gasteiger partial charge is 0.307 e. The van der Waals surface area contributed by atoms with Gasteiger partial charge in [-0.3, -0.25) is 9.78 Å². The van der Waals surface area contributed by atoms with E-state index in [4.69, 9.17) is 10.1 Å². The van der Waals surface area contributed by atoms with Gasteiger partial charge >= 0.3 is 5.97 Å². The van der Waals surface area contributed by atoms with Crippen LogP contribution in [-0.4, -0.2) is 57.7 Å². The number of aliphatic carboxylic acids is 1. The molecule has 0 amide bonds. The zero-order chi connectivity index (χ0) is 37.5. The third-order valence-electron chi connectivity index (χ3n) is 9.15. The van der Waals surface area contributed by atoms with Crippen molar-refractivity contribution in [2.24, 2.45) is 5.41 Å². The van der Waals surface area contributed by atoms with Crippen molar-refractivity contribution in [3.63, 3.8) is 0 Å². The molecule has 0 saturated carbocycles. The first-order valence-corrected chi connectivity index (χ1v) is 17.6. The zero-order valence-electron chi connectivity index (χ0n) is 31.0. The first kappa shape index (κ1) is 39.4. The molecular formula is C42H53F2N3O4. The van der Waals surface area contributed by atoms with Crippen LogP contribution in [0, 0.1) is 30.9 Å². The van der Waals surface area contributed by atoms with Crippen molar-refractivity contribution in [2.75, 3.05) is 29.4 Å². The van der Waals surface area contributed by atoms with E-state index < -0.39 is 17.8 Å². The highest BCUT2D eigenvalue weighted by Gasteiger charge is 2.30. The number of piperidine rings is 1. The van der Waals surface area contributed by atoms with Gasteiger partial charge in [-0.1, -0.05) is 50.2 Å². The Labute approximate surface area is 301 Å². The second kappa shape index (κ2) is 16.8. The summed E-state index contributed by atoms with van der Waals surface area (Å²) in [6.07, 6.45) is 1.89. The Bertz CT molecular complexity index is 1740. The van der Waals surface area contributed by atoms with Gasteiger partial charge in [0.15, 0.2) is 0 Å². The molecule has 1 aliphatic heterocycles. The van der Waals surface area contributed by atoms with Gasteiger partial charge in [0.25, 0.3) is 0 Å². The lowest BCUT2D eigenvalue weighted by Gasteiger charge is -2.40. The fraction of sp³-hybridized carbons (Fsp3) is 0.429. The molecule has 9 heteroatoms. The van der Waals surface area contributed by atoms with Crippen molar-refractivity contribution in [3.05, 3.63) is 113 Å². The first-order valence-electron chi connectivity index (χ1n) is 17.6. The molecule has 5 rings (SSSR count). The summed E-state index contributed by atoms with van der Waals surface area (Å²) in [7, 11) is 0. The number of nitrogens with zero attached hydrogens (tertiary/aromatic N) is 3. The van der Waals surface area contributed by atoms with Crippen LogP contribution < -0.4 is 9.80 Å². The molecule has 1 atom stereocenters. The lowest BCUT2D eigenvalue weighted by molar-refractivity contribution is -0.136. The molecule has 274 valence electrons. The molecule has 1 unspecified atom stereocenters. The average molecular weight is 702 g/mol. The number of hydrogen-bond donors (Lipinski definition) is 3. The Balaban J connectivity index is 0.00000109. The second-order valence-electron chi connectivity index (χ2n) is 15.3. The summed E-state index contributed by atoms with van der Waals surface area (Å²) in [5, 5.41) is 29.8. The van der Waals surface area contributed by atoms with Gasteiger partial charge in [-0.25, -0.2) is 8.78 Å². The molecule has 0 radical (unpaired) electrons. The normalized spacial score (nSPS) is 14.8. The van der Waals surface area contributed by atoms with Gasteiger partial charge in [0.05, 0.1) is 17.7 Å². The minimum absolute atomic E-state index is 0.105. The average Bonchev–Trinajstić information content (AvgIpc) is 3.04. The van der Waals surface area contributed by atoms with Crippen LogP contribution >= 0.6 is 0 Å². The number of rotatable bonds is 11. The van der Waals surface area contributed by atoms with Gasteiger partial charge in [-0.15, -0.1) is 0 Å². The zero-order valence-corrected chi connectivity index (χ0v) is 31.0. The van der Waals surface area contributed by atoms with Gasteiger partial charge in [-0.05, 0) is 112 Å². The monoisotopic (exact) mass is 701 g/mol. The molecular weight excluding hydrogens is 648 g/mol. The summed E-state index contributed by atoms with van der Waals surface area (Å²) >= 11 is 0. The fourth-order valence-corrected chi connectivity index (χ4v) is 6.37. The molecule has 0 aliphatic carbocycles. The van der Waals surface area contributed by atoms with Crippen LogP contribution in [0.25, 0.3) is 11.1 Å². The number of hydrogen-bond acceptors (Lipinski definition) is 6. The van der Waals surface area contributed by atoms with E-state index >= 15 is 0 Å². The predicted octanol–water partition coefficient (Wildman–Crippen LogP) is 8.28. The first-order chi connectivity index (χ1) is 23.9. The molecule has 3 aromatic carbocycles. The van der Waals surface area contributed by atoms with Crippen molar-refractivity contribution >= 4 is 17.3 Å². The summed E-state index contributed by atoms with van der Waals surface area (Å²) in [5.74, 6) is -1.52. The molecule has 1 saturated heterocycles. The van der Waals surface area contributed by atoms with E-state index in [1.807, 2.05) is 43.0 Å². The Morgan fingerprint density at radius 1 is 0.882 bits per heavy atom. The second-order valence-corrected chi connectivity index (χ2v) is 15.3. The van der Waals surface area contributed by atoms with Crippen LogP contribution in [-0.2, 0) is 24.1 Å². The lowest BCUT2D eigenvalue weighted by atomic mass is 9.82. The summed E-state index contributed by atoms with van der Waals surface area (Å²) in [4.78, 5) is 21.0. The van der Waals surface area contributed by atoms with E-state index in [1.54, 1.807) is 45.0 Å². The van der Waals surface area contributed by atoms with Crippen LogP contribution in [0.3, 0.4) is 0 Å². The van der Waals surface area contributed by atoms with Gasteiger partial charge in [0.2, 0.25) is 0 Å². The number of aryl methyl sites for hydroxylation is 2. The van der Waals surface area contributed by atoms with Crippen LogP contribution in [0.2, 0.25) is 0 Å². The molecule has 51 heavy (non-hydrogen) atoms. The Hall–Kier alpha value is -4.34. The van der Waals surface area contributed by atoms with E-state index in [2.05, 4.69) is 18.7 Å². The van der Waals surface area contributed by atoms with Crippen molar-refractivity contribution in [1.82, 2.24) is 4.98 Å². The molecule has 1 aliphatic rings. The number of aliphatic hydroxyl groups excluding tert-OH is 1. The lowest BCUT2D eigenvalue weighted by Crippen LogP contribution is -2.38. The molecule has 1 aromatic heterocycles. The summed E-state index contributed by atoms with van der Waals surface area (Å²) in [5.41, 5.74) is 7.38. The molecule has 0 spiro atoms. The highest BCUT2D eigenvalue weighted by molar-refractivity contribution is 5.86. The molecule has 0 bridgehead atoms. The SMILES string of the molecule is CC(C)(C)O.Cc1nc(C)c(-c2ccc(N(CCc3ccc(F)cc3)C(O)Cc3ccc(F)cc3)cc2)c(N2CCC(C)(C)CC2)c1CC(=O)O. The maximum atomic E-state index is 13.5. The molecule has 7 nitrogen and oxygen atoms in total. The number of aromatic nitrogens is 1. The van der Waals surface area contributed by atoms with E-state index in [0.29, 0.717) is 19.4 Å².